The molecule has 0 bridgehead atoms. The van der Waals surface area contributed by atoms with Crippen molar-refractivity contribution >= 4 is 5.82 Å². The van der Waals surface area contributed by atoms with E-state index in [1.54, 1.807) is 0 Å². The summed E-state index contributed by atoms with van der Waals surface area (Å²) in [6.07, 6.45) is 0. The second-order valence-electron chi connectivity index (χ2n) is 4.19. The molecule has 0 aliphatic rings. The van der Waals surface area contributed by atoms with Gasteiger partial charge in [-0.25, -0.2) is 0 Å². The number of pyridine rings is 1. The predicted octanol–water partition coefficient (Wildman–Crippen LogP) is 2.56. The highest BCUT2D eigenvalue weighted by atomic mass is 16.5. The summed E-state index contributed by atoms with van der Waals surface area (Å²) in [7, 11) is 0. The van der Waals surface area contributed by atoms with E-state index in [0.29, 0.717) is 25.0 Å². The Kier molecular flexibility index (Phi) is 6.40. The quantitative estimate of drug-likeness (QED) is 0.707. The molecule has 0 saturated carbocycles. The molecule has 0 aliphatic carbocycles. The average molecular weight is 238 g/mol. The van der Waals surface area contributed by atoms with Crippen molar-refractivity contribution in [3.63, 3.8) is 0 Å². The Morgan fingerprint density at radius 3 is 2.88 bits per heavy atom. The zero-order chi connectivity index (χ0) is 12.5. The SMILES string of the molecule is CCOc1cccc(NCCOCC(C)C)n1. The number of rotatable bonds is 8. The summed E-state index contributed by atoms with van der Waals surface area (Å²) in [5, 5.41) is 3.20. The van der Waals surface area contributed by atoms with Gasteiger partial charge in [-0.1, -0.05) is 19.9 Å². The zero-order valence-electron chi connectivity index (χ0n) is 10.9. The maximum atomic E-state index is 5.47. The fourth-order valence-corrected chi connectivity index (χ4v) is 1.31. The van der Waals surface area contributed by atoms with Crippen molar-refractivity contribution in [1.29, 1.82) is 0 Å². The number of aromatic nitrogens is 1. The Hall–Kier alpha value is -1.29. The van der Waals surface area contributed by atoms with E-state index in [-0.39, 0.29) is 0 Å². The molecule has 0 amide bonds. The van der Waals surface area contributed by atoms with E-state index in [4.69, 9.17) is 9.47 Å². The van der Waals surface area contributed by atoms with Crippen LogP contribution < -0.4 is 10.1 Å². The van der Waals surface area contributed by atoms with Crippen LogP contribution in [0.2, 0.25) is 0 Å². The summed E-state index contributed by atoms with van der Waals surface area (Å²) in [5.74, 6) is 2.05. The molecule has 4 heteroatoms. The fraction of sp³-hybridized carbons (Fsp3) is 0.615. The van der Waals surface area contributed by atoms with Crippen LogP contribution in [0.25, 0.3) is 0 Å². The van der Waals surface area contributed by atoms with Crippen LogP contribution in [0.1, 0.15) is 20.8 Å². The first-order valence-corrected chi connectivity index (χ1v) is 6.13. The molecule has 0 atom stereocenters. The monoisotopic (exact) mass is 238 g/mol. The number of anilines is 1. The standard InChI is InChI=1S/C13H22N2O2/c1-4-17-13-7-5-6-12(15-13)14-8-9-16-10-11(2)3/h5-7,11H,4,8-10H2,1-3H3,(H,14,15). The molecule has 0 aliphatic heterocycles. The Labute approximate surface area is 103 Å². The first-order chi connectivity index (χ1) is 8.22. The Bertz CT molecular complexity index is 316. The highest BCUT2D eigenvalue weighted by Crippen LogP contribution is 2.10. The molecule has 1 N–H and O–H groups in total. The van der Waals surface area contributed by atoms with Crippen molar-refractivity contribution in [1.82, 2.24) is 4.98 Å². The molecule has 96 valence electrons. The lowest BCUT2D eigenvalue weighted by molar-refractivity contribution is 0.118. The Morgan fingerprint density at radius 1 is 1.35 bits per heavy atom. The summed E-state index contributed by atoms with van der Waals surface area (Å²) < 4.78 is 10.8. The van der Waals surface area contributed by atoms with E-state index >= 15 is 0 Å². The minimum absolute atomic E-state index is 0.578. The van der Waals surface area contributed by atoms with Gasteiger partial charge in [-0.05, 0) is 18.9 Å². The molecule has 0 radical (unpaired) electrons. The second kappa shape index (κ2) is 7.90. The maximum Gasteiger partial charge on any atom is 0.215 e. The van der Waals surface area contributed by atoms with Crippen LogP contribution in [-0.4, -0.2) is 31.3 Å². The number of nitrogens with zero attached hydrogens (tertiary/aromatic N) is 1. The third kappa shape index (κ3) is 6.12. The van der Waals surface area contributed by atoms with Gasteiger partial charge in [0.2, 0.25) is 5.88 Å². The molecule has 1 rings (SSSR count). The van der Waals surface area contributed by atoms with Crippen LogP contribution in [0.3, 0.4) is 0 Å². The van der Waals surface area contributed by atoms with Gasteiger partial charge in [-0.15, -0.1) is 0 Å². The van der Waals surface area contributed by atoms with Crippen molar-refractivity contribution in [2.24, 2.45) is 5.92 Å². The number of hydrogen-bond donors (Lipinski definition) is 1. The van der Waals surface area contributed by atoms with Gasteiger partial charge in [-0.3, -0.25) is 0 Å². The minimum atomic E-state index is 0.578. The summed E-state index contributed by atoms with van der Waals surface area (Å²) in [6, 6.07) is 5.70. The summed E-state index contributed by atoms with van der Waals surface area (Å²) in [4.78, 5) is 4.31. The molecule has 0 fully saturated rings. The maximum absolute atomic E-state index is 5.47. The molecule has 0 unspecified atom stereocenters. The highest BCUT2D eigenvalue weighted by molar-refractivity contribution is 5.36. The van der Waals surface area contributed by atoms with Gasteiger partial charge in [0.05, 0.1) is 13.2 Å². The number of nitrogens with one attached hydrogen (secondary N) is 1. The van der Waals surface area contributed by atoms with E-state index in [1.165, 1.54) is 0 Å². The van der Waals surface area contributed by atoms with Gasteiger partial charge in [-0.2, -0.15) is 4.98 Å². The summed E-state index contributed by atoms with van der Waals surface area (Å²) >= 11 is 0. The highest BCUT2D eigenvalue weighted by Gasteiger charge is 1.98. The number of hydrogen-bond acceptors (Lipinski definition) is 4. The molecule has 0 aromatic carbocycles. The van der Waals surface area contributed by atoms with Crippen LogP contribution in [0.5, 0.6) is 5.88 Å². The first-order valence-electron chi connectivity index (χ1n) is 6.13. The lowest BCUT2D eigenvalue weighted by Crippen LogP contribution is -2.12. The summed E-state index contributed by atoms with van der Waals surface area (Å²) in [6.45, 7) is 9.11. The van der Waals surface area contributed by atoms with Crippen molar-refractivity contribution in [2.45, 2.75) is 20.8 Å². The topological polar surface area (TPSA) is 43.4 Å². The largest absolute Gasteiger partial charge is 0.478 e. The predicted molar refractivity (Wildman–Crippen MR) is 69.6 cm³/mol. The van der Waals surface area contributed by atoms with Gasteiger partial charge in [0.25, 0.3) is 0 Å². The Balaban J connectivity index is 2.24. The molecular formula is C13H22N2O2. The van der Waals surface area contributed by atoms with Crippen molar-refractivity contribution < 1.29 is 9.47 Å². The third-order valence-electron chi connectivity index (χ3n) is 2.02. The van der Waals surface area contributed by atoms with E-state index in [9.17, 15) is 0 Å². The molecule has 17 heavy (non-hydrogen) atoms. The van der Waals surface area contributed by atoms with Crippen molar-refractivity contribution in [3.05, 3.63) is 18.2 Å². The van der Waals surface area contributed by atoms with E-state index in [2.05, 4.69) is 24.1 Å². The molecular weight excluding hydrogens is 216 g/mol. The summed E-state index contributed by atoms with van der Waals surface area (Å²) in [5.41, 5.74) is 0. The minimum Gasteiger partial charge on any atom is -0.478 e. The fourth-order valence-electron chi connectivity index (χ4n) is 1.31. The van der Waals surface area contributed by atoms with Gasteiger partial charge < -0.3 is 14.8 Å². The molecule has 0 saturated heterocycles. The first kappa shape index (κ1) is 13.8. The van der Waals surface area contributed by atoms with Gasteiger partial charge in [0.15, 0.2) is 0 Å². The normalized spacial score (nSPS) is 10.6. The van der Waals surface area contributed by atoms with Gasteiger partial charge >= 0.3 is 0 Å². The van der Waals surface area contributed by atoms with Gasteiger partial charge in [0.1, 0.15) is 5.82 Å². The zero-order valence-corrected chi connectivity index (χ0v) is 10.9. The third-order valence-corrected chi connectivity index (χ3v) is 2.02. The van der Waals surface area contributed by atoms with Crippen LogP contribution in [0, 0.1) is 5.92 Å². The van der Waals surface area contributed by atoms with Crippen LogP contribution in [0.4, 0.5) is 5.82 Å². The van der Waals surface area contributed by atoms with E-state index in [1.807, 2.05) is 25.1 Å². The van der Waals surface area contributed by atoms with Gasteiger partial charge in [0, 0.05) is 19.2 Å². The molecule has 1 aromatic heterocycles. The second-order valence-corrected chi connectivity index (χ2v) is 4.19. The van der Waals surface area contributed by atoms with Crippen LogP contribution in [0.15, 0.2) is 18.2 Å². The van der Waals surface area contributed by atoms with E-state index < -0.39 is 0 Å². The average Bonchev–Trinajstić information content (AvgIpc) is 2.29. The van der Waals surface area contributed by atoms with Crippen molar-refractivity contribution in [2.75, 3.05) is 31.7 Å². The lowest BCUT2D eigenvalue weighted by atomic mass is 10.2. The number of ether oxygens (including phenoxy) is 2. The van der Waals surface area contributed by atoms with Crippen molar-refractivity contribution in [3.8, 4) is 5.88 Å². The smallest absolute Gasteiger partial charge is 0.215 e. The van der Waals surface area contributed by atoms with E-state index in [0.717, 1.165) is 19.0 Å². The lowest BCUT2D eigenvalue weighted by Gasteiger charge is -2.09. The molecule has 4 nitrogen and oxygen atoms in total. The Morgan fingerprint density at radius 2 is 2.18 bits per heavy atom. The molecule has 1 aromatic rings. The van der Waals surface area contributed by atoms with Crippen LogP contribution >= 0.6 is 0 Å². The molecule has 0 spiro atoms. The molecule has 1 heterocycles. The van der Waals surface area contributed by atoms with Crippen LogP contribution in [-0.2, 0) is 4.74 Å².